The van der Waals surface area contributed by atoms with Crippen molar-refractivity contribution in [3.8, 4) is 0 Å². The molecule has 0 radical (unpaired) electrons. The van der Waals surface area contributed by atoms with Crippen LogP contribution in [0.25, 0.3) is 0 Å². The summed E-state index contributed by atoms with van der Waals surface area (Å²) >= 11 is 0. The molecule has 0 aromatic rings. The molecule has 2 bridgehead atoms. The Hall–Kier alpha value is -0.570. The molecule has 2 saturated carbocycles. The molecule has 0 heterocycles. The van der Waals surface area contributed by atoms with Crippen LogP contribution in [0.15, 0.2) is 0 Å². The number of hydrogen-bond acceptors (Lipinski definition) is 3. The SMILES string of the molecule is CC(C)(C)CC(C(=O)OCOC1CC2CCC1C2)C(C)(C)C. The van der Waals surface area contributed by atoms with Crippen molar-refractivity contribution in [3.05, 3.63) is 0 Å². The first-order chi connectivity index (χ1) is 10.1. The van der Waals surface area contributed by atoms with Crippen LogP contribution in [0, 0.1) is 28.6 Å². The standard InChI is InChI=1S/C19H34O3/c1-18(2,3)11-15(19(4,5)6)17(20)22-12-21-16-10-13-7-8-14(16)9-13/h13-16H,7-12H2,1-6H3. The second-order valence-corrected chi connectivity index (χ2v) is 9.64. The molecule has 0 N–H and O–H groups in total. The quantitative estimate of drug-likeness (QED) is 0.541. The van der Waals surface area contributed by atoms with Crippen LogP contribution in [0.3, 0.4) is 0 Å². The molecule has 128 valence electrons. The van der Waals surface area contributed by atoms with E-state index in [0.29, 0.717) is 12.0 Å². The molecule has 0 aromatic carbocycles. The minimum Gasteiger partial charge on any atom is -0.438 e. The molecule has 0 spiro atoms. The van der Waals surface area contributed by atoms with Gasteiger partial charge >= 0.3 is 5.97 Å². The first-order valence-corrected chi connectivity index (χ1v) is 8.84. The summed E-state index contributed by atoms with van der Waals surface area (Å²) in [5.74, 6) is 1.37. The molecule has 2 rings (SSSR count). The number of hydrogen-bond donors (Lipinski definition) is 0. The van der Waals surface area contributed by atoms with Gasteiger partial charge in [-0.05, 0) is 54.8 Å². The van der Waals surface area contributed by atoms with Gasteiger partial charge in [-0.1, -0.05) is 41.5 Å². The van der Waals surface area contributed by atoms with Crippen LogP contribution in [0.4, 0.5) is 0 Å². The Morgan fingerprint density at radius 1 is 1.09 bits per heavy atom. The second-order valence-electron chi connectivity index (χ2n) is 9.64. The molecule has 2 aliphatic rings. The predicted molar refractivity (Wildman–Crippen MR) is 88.3 cm³/mol. The Kier molecular flexibility index (Phi) is 5.26. The fourth-order valence-electron chi connectivity index (χ4n) is 4.03. The summed E-state index contributed by atoms with van der Waals surface area (Å²) in [5.41, 5.74) is 0.0270. The third-order valence-corrected chi connectivity index (χ3v) is 5.30. The Morgan fingerprint density at radius 2 is 1.77 bits per heavy atom. The summed E-state index contributed by atoms with van der Waals surface area (Å²) in [5, 5.41) is 0. The maximum absolute atomic E-state index is 12.5. The molecule has 0 aliphatic heterocycles. The Balaban J connectivity index is 1.80. The maximum atomic E-state index is 12.5. The number of carbonyl (C=O) groups is 1. The number of rotatable bonds is 5. The lowest BCUT2D eigenvalue weighted by Gasteiger charge is -2.34. The zero-order chi connectivity index (χ0) is 16.5. The third-order valence-electron chi connectivity index (χ3n) is 5.30. The van der Waals surface area contributed by atoms with Crippen LogP contribution in [0.2, 0.25) is 0 Å². The summed E-state index contributed by atoms with van der Waals surface area (Å²) in [6, 6.07) is 0. The van der Waals surface area contributed by atoms with Crippen molar-refractivity contribution in [2.45, 2.75) is 79.8 Å². The molecule has 3 heteroatoms. The van der Waals surface area contributed by atoms with Crippen molar-refractivity contribution in [3.63, 3.8) is 0 Å². The largest absolute Gasteiger partial charge is 0.438 e. The van der Waals surface area contributed by atoms with Gasteiger partial charge < -0.3 is 9.47 Å². The molecular formula is C19H34O3. The van der Waals surface area contributed by atoms with E-state index in [4.69, 9.17) is 9.47 Å². The Labute approximate surface area is 136 Å². The molecule has 22 heavy (non-hydrogen) atoms. The normalized spacial score (nSPS) is 29.6. The number of fused-ring (bicyclic) bond motifs is 2. The number of carbonyl (C=O) groups excluding carboxylic acids is 1. The molecular weight excluding hydrogens is 276 g/mol. The van der Waals surface area contributed by atoms with Crippen LogP contribution in [0.5, 0.6) is 0 Å². The topological polar surface area (TPSA) is 35.5 Å². The van der Waals surface area contributed by atoms with Crippen LogP contribution >= 0.6 is 0 Å². The van der Waals surface area contributed by atoms with E-state index in [1.165, 1.54) is 19.3 Å². The molecule has 2 fully saturated rings. The summed E-state index contributed by atoms with van der Waals surface area (Å²) in [6.45, 7) is 13.0. The third kappa shape index (κ3) is 4.71. The predicted octanol–water partition coefficient (Wildman–Crippen LogP) is 4.79. The van der Waals surface area contributed by atoms with Crippen molar-refractivity contribution >= 4 is 5.97 Å². The fraction of sp³-hybridized carbons (Fsp3) is 0.947. The van der Waals surface area contributed by atoms with E-state index in [1.807, 2.05) is 0 Å². The lowest BCUT2D eigenvalue weighted by Crippen LogP contribution is -2.34. The van der Waals surface area contributed by atoms with Gasteiger partial charge in [-0.15, -0.1) is 0 Å². The Morgan fingerprint density at radius 3 is 2.23 bits per heavy atom. The van der Waals surface area contributed by atoms with Crippen LogP contribution < -0.4 is 0 Å². The molecule has 2 aliphatic carbocycles. The second kappa shape index (κ2) is 6.51. The van der Waals surface area contributed by atoms with Gasteiger partial charge in [0.05, 0.1) is 12.0 Å². The van der Waals surface area contributed by atoms with Gasteiger partial charge in [-0.25, -0.2) is 0 Å². The van der Waals surface area contributed by atoms with Gasteiger partial charge in [-0.2, -0.15) is 0 Å². The van der Waals surface area contributed by atoms with Gasteiger partial charge in [0.15, 0.2) is 6.79 Å². The van der Waals surface area contributed by atoms with Crippen molar-refractivity contribution in [1.82, 2.24) is 0 Å². The Bertz CT molecular complexity index is 388. The zero-order valence-electron chi connectivity index (χ0n) is 15.3. The van der Waals surface area contributed by atoms with Crippen molar-refractivity contribution in [1.29, 1.82) is 0 Å². The summed E-state index contributed by atoms with van der Waals surface area (Å²) in [7, 11) is 0. The average molecular weight is 310 g/mol. The van der Waals surface area contributed by atoms with Gasteiger partial charge in [0, 0.05) is 0 Å². The van der Waals surface area contributed by atoms with Crippen molar-refractivity contribution in [2.24, 2.45) is 28.6 Å². The van der Waals surface area contributed by atoms with E-state index in [9.17, 15) is 4.79 Å². The van der Waals surface area contributed by atoms with Gasteiger partial charge in [0.1, 0.15) is 0 Å². The number of ether oxygens (including phenoxy) is 2. The van der Waals surface area contributed by atoms with Gasteiger partial charge in [0.25, 0.3) is 0 Å². The fourth-order valence-corrected chi connectivity index (χ4v) is 4.03. The first kappa shape index (κ1) is 17.8. The van der Waals surface area contributed by atoms with E-state index in [1.54, 1.807) is 0 Å². The van der Waals surface area contributed by atoms with Gasteiger partial charge in [-0.3, -0.25) is 4.79 Å². The summed E-state index contributed by atoms with van der Waals surface area (Å²) in [6.07, 6.45) is 6.28. The van der Waals surface area contributed by atoms with Crippen LogP contribution in [-0.4, -0.2) is 18.9 Å². The maximum Gasteiger partial charge on any atom is 0.311 e. The van der Waals surface area contributed by atoms with Crippen molar-refractivity contribution in [2.75, 3.05) is 6.79 Å². The average Bonchev–Trinajstić information content (AvgIpc) is 2.95. The minimum atomic E-state index is -0.106. The van der Waals surface area contributed by atoms with Crippen LogP contribution in [0.1, 0.15) is 73.6 Å². The van der Waals surface area contributed by atoms with Crippen molar-refractivity contribution < 1.29 is 14.3 Å². The highest BCUT2D eigenvalue weighted by atomic mass is 16.7. The van der Waals surface area contributed by atoms with Crippen LogP contribution in [-0.2, 0) is 14.3 Å². The zero-order valence-corrected chi connectivity index (χ0v) is 15.3. The van der Waals surface area contributed by atoms with E-state index in [-0.39, 0.29) is 29.5 Å². The van der Waals surface area contributed by atoms with E-state index in [0.717, 1.165) is 18.8 Å². The highest BCUT2D eigenvalue weighted by molar-refractivity contribution is 5.73. The monoisotopic (exact) mass is 310 g/mol. The molecule has 4 atom stereocenters. The van der Waals surface area contributed by atoms with E-state index < -0.39 is 0 Å². The highest BCUT2D eigenvalue weighted by Gasteiger charge is 2.40. The molecule has 0 amide bonds. The number of esters is 1. The molecule has 0 aromatic heterocycles. The van der Waals surface area contributed by atoms with E-state index in [2.05, 4.69) is 41.5 Å². The lowest BCUT2D eigenvalue weighted by atomic mass is 9.72. The molecule has 3 nitrogen and oxygen atoms in total. The minimum absolute atomic E-state index is 0.0865. The smallest absolute Gasteiger partial charge is 0.311 e. The summed E-state index contributed by atoms with van der Waals surface area (Å²) in [4.78, 5) is 12.5. The lowest BCUT2D eigenvalue weighted by molar-refractivity contribution is -0.173. The summed E-state index contributed by atoms with van der Waals surface area (Å²) < 4.78 is 11.3. The molecule has 0 saturated heterocycles. The first-order valence-electron chi connectivity index (χ1n) is 8.84. The highest BCUT2D eigenvalue weighted by Crippen LogP contribution is 2.45. The molecule has 4 unspecified atom stereocenters. The van der Waals surface area contributed by atoms with E-state index >= 15 is 0 Å². The van der Waals surface area contributed by atoms with Gasteiger partial charge in [0.2, 0.25) is 0 Å².